The van der Waals surface area contributed by atoms with Gasteiger partial charge >= 0.3 is 0 Å². The van der Waals surface area contributed by atoms with E-state index in [-0.39, 0.29) is 31.3 Å². The Hall–Kier alpha value is -3.39. The van der Waals surface area contributed by atoms with Crippen molar-refractivity contribution in [2.24, 2.45) is 0 Å². The number of hydrogen-bond donors (Lipinski definition) is 0. The van der Waals surface area contributed by atoms with E-state index in [2.05, 4.69) is 9.88 Å². The summed E-state index contributed by atoms with van der Waals surface area (Å²) in [4.78, 5) is 42.7. The van der Waals surface area contributed by atoms with Crippen LogP contribution < -0.4 is 14.7 Å². The molecule has 2 aromatic heterocycles. The maximum atomic E-state index is 13.9. The predicted octanol–water partition coefficient (Wildman–Crippen LogP) is 4.92. The van der Waals surface area contributed by atoms with Gasteiger partial charge in [0.05, 0.1) is 17.3 Å². The Morgan fingerprint density at radius 1 is 1.06 bits per heavy atom. The molecule has 6 rings (SSSR count). The van der Waals surface area contributed by atoms with Crippen molar-refractivity contribution in [3.05, 3.63) is 71.5 Å². The van der Waals surface area contributed by atoms with Crippen molar-refractivity contribution in [3.8, 4) is 0 Å². The molecular formula is C27H29N5O2S. The summed E-state index contributed by atoms with van der Waals surface area (Å²) in [6, 6.07) is 13.4. The van der Waals surface area contributed by atoms with Gasteiger partial charge in [-0.15, -0.1) is 11.8 Å². The van der Waals surface area contributed by atoms with Crippen molar-refractivity contribution in [2.45, 2.75) is 50.2 Å². The van der Waals surface area contributed by atoms with E-state index in [1.807, 2.05) is 61.8 Å². The van der Waals surface area contributed by atoms with Crippen LogP contribution in [0.5, 0.6) is 0 Å². The molecule has 180 valence electrons. The molecule has 2 amide bonds. The zero-order valence-electron chi connectivity index (χ0n) is 19.3. The van der Waals surface area contributed by atoms with Gasteiger partial charge in [-0.3, -0.25) is 19.5 Å². The number of amides is 2. The van der Waals surface area contributed by atoms with Crippen LogP contribution in [0.4, 0.5) is 17.3 Å². The summed E-state index contributed by atoms with van der Waals surface area (Å²) in [5.41, 5.74) is 3.41. The molecule has 3 aliphatic rings. The zero-order chi connectivity index (χ0) is 23.6. The molecule has 7 nitrogen and oxygen atoms in total. The van der Waals surface area contributed by atoms with E-state index in [0.29, 0.717) is 11.9 Å². The standard InChI is InChI=1S/C26H25N5O2S.CH4/c1-15-25(32)29(2)19-11-12-21(28-24(19)30(15)17-9-10-17)31-23(16-6-5-13-27-14-16)18-7-4-8-20(34-3)22(18)26(31)33;/h4-8,11-15,17,23H,9-10H2,1-3H3;1H4. The number of carbonyl (C=O) groups excluding carboxylic acids is 2. The first-order chi connectivity index (χ1) is 16.5. The SMILES string of the molecule is C.CSc1cccc2c1C(=O)N(c1ccc3c(n1)N(C1CC1)C(C)C(=O)N3C)C2c1cccnc1. The van der Waals surface area contributed by atoms with Crippen LogP contribution >= 0.6 is 11.8 Å². The van der Waals surface area contributed by atoms with E-state index < -0.39 is 0 Å². The van der Waals surface area contributed by atoms with Crippen LogP contribution in [0.1, 0.15) is 54.7 Å². The first-order valence-corrected chi connectivity index (χ1v) is 12.7. The van der Waals surface area contributed by atoms with Crippen molar-refractivity contribution < 1.29 is 9.59 Å². The fourth-order valence-corrected chi connectivity index (χ4v) is 5.84. The molecule has 2 unspecified atom stereocenters. The van der Waals surface area contributed by atoms with Crippen molar-refractivity contribution in [1.29, 1.82) is 0 Å². The monoisotopic (exact) mass is 487 g/mol. The molecule has 0 spiro atoms. The van der Waals surface area contributed by atoms with Gasteiger partial charge in [-0.1, -0.05) is 25.6 Å². The van der Waals surface area contributed by atoms with Crippen LogP contribution in [0.15, 0.2) is 59.8 Å². The lowest BCUT2D eigenvalue weighted by atomic mass is 9.99. The third-order valence-electron chi connectivity index (χ3n) is 7.00. The molecule has 0 saturated heterocycles. The van der Waals surface area contributed by atoms with Crippen molar-refractivity contribution in [3.63, 3.8) is 0 Å². The van der Waals surface area contributed by atoms with Gasteiger partial charge in [-0.05, 0) is 61.4 Å². The quantitative estimate of drug-likeness (QED) is 0.487. The molecular weight excluding hydrogens is 458 g/mol. The number of benzene rings is 1. The van der Waals surface area contributed by atoms with Gasteiger partial charge in [0.15, 0.2) is 5.82 Å². The molecule has 1 saturated carbocycles. The van der Waals surface area contributed by atoms with Gasteiger partial charge < -0.3 is 9.80 Å². The van der Waals surface area contributed by atoms with Gasteiger partial charge in [-0.25, -0.2) is 4.98 Å². The molecule has 0 radical (unpaired) electrons. The zero-order valence-corrected chi connectivity index (χ0v) is 20.1. The molecule has 2 atom stereocenters. The van der Waals surface area contributed by atoms with Crippen LogP contribution in [-0.4, -0.2) is 47.2 Å². The molecule has 1 aliphatic carbocycles. The molecule has 0 bridgehead atoms. The maximum absolute atomic E-state index is 13.9. The first kappa shape index (κ1) is 23.4. The minimum Gasteiger partial charge on any atom is -0.340 e. The summed E-state index contributed by atoms with van der Waals surface area (Å²) >= 11 is 1.57. The van der Waals surface area contributed by atoms with Crippen LogP contribution in [0.2, 0.25) is 0 Å². The van der Waals surface area contributed by atoms with E-state index in [9.17, 15) is 9.59 Å². The van der Waals surface area contributed by atoms with E-state index in [0.717, 1.165) is 45.9 Å². The van der Waals surface area contributed by atoms with Gasteiger partial charge in [0.2, 0.25) is 5.91 Å². The van der Waals surface area contributed by atoms with Crippen molar-refractivity contribution >= 4 is 40.9 Å². The Bertz CT molecular complexity index is 1310. The number of carbonyl (C=O) groups is 2. The number of pyridine rings is 2. The fourth-order valence-electron chi connectivity index (χ4n) is 5.21. The summed E-state index contributed by atoms with van der Waals surface area (Å²) in [5.74, 6) is 1.36. The lowest BCUT2D eigenvalue weighted by Gasteiger charge is -2.40. The molecule has 35 heavy (non-hydrogen) atoms. The Kier molecular flexibility index (Phi) is 5.79. The lowest BCUT2D eigenvalue weighted by Crippen LogP contribution is -2.52. The summed E-state index contributed by atoms with van der Waals surface area (Å²) in [6.07, 6.45) is 7.65. The second kappa shape index (κ2) is 8.68. The molecule has 4 heterocycles. The normalized spacial score (nSPS) is 21.1. The molecule has 8 heteroatoms. The van der Waals surface area contributed by atoms with Crippen LogP contribution in [0, 0.1) is 0 Å². The smallest absolute Gasteiger partial charge is 0.261 e. The number of thioether (sulfide) groups is 1. The number of hydrogen-bond acceptors (Lipinski definition) is 6. The minimum absolute atomic E-state index is 0. The van der Waals surface area contributed by atoms with Crippen LogP contribution in [-0.2, 0) is 4.79 Å². The highest BCUT2D eigenvalue weighted by molar-refractivity contribution is 7.98. The predicted molar refractivity (Wildman–Crippen MR) is 140 cm³/mol. The number of aromatic nitrogens is 2. The molecule has 2 aliphatic heterocycles. The Morgan fingerprint density at radius 2 is 1.86 bits per heavy atom. The summed E-state index contributed by atoms with van der Waals surface area (Å²) < 4.78 is 0. The van der Waals surface area contributed by atoms with Gasteiger partial charge in [0.1, 0.15) is 11.9 Å². The highest BCUT2D eigenvalue weighted by Crippen LogP contribution is 2.46. The van der Waals surface area contributed by atoms with E-state index in [4.69, 9.17) is 4.98 Å². The largest absolute Gasteiger partial charge is 0.340 e. The third kappa shape index (κ3) is 3.50. The second-order valence-corrected chi connectivity index (χ2v) is 9.86. The highest BCUT2D eigenvalue weighted by atomic mass is 32.2. The lowest BCUT2D eigenvalue weighted by molar-refractivity contribution is -0.119. The Balaban J connectivity index is 0.00000253. The summed E-state index contributed by atoms with van der Waals surface area (Å²) in [6.45, 7) is 1.94. The summed E-state index contributed by atoms with van der Waals surface area (Å²) in [5, 5.41) is 0. The maximum Gasteiger partial charge on any atom is 0.261 e. The fraction of sp³-hybridized carbons (Fsp3) is 0.333. The van der Waals surface area contributed by atoms with Gasteiger partial charge in [0.25, 0.3) is 5.91 Å². The minimum atomic E-state index is -0.316. The average Bonchev–Trinajstić information content (AvgIpc) is 3.65. The Labute approximate surface area is 210 Å². The Morgan fingerprint density at radius 3 is 2.54 bits per heavy atom. The third-order valence-corrected chi connectivity index (χ3v) is 7.78. The highest BCUT2D eigenvalue weighted by Gasteiger charge is 2.45. The molecule has 3 aromatic rings. The number of nitrogens with zero attached hydrogens (tertiary/aromatic N) is 5. The molecule has 1 fully saturated rings. The first-order valence-electron chi connectivity index (χ1n) is 11.5. The van der Waals surface area contributed by atoms with Crippen LogP contribution in [0.3, 0.4) is 0 Å². The van der Waals surface area contributed by atoms with E-state index >= 15 is 0 Å². The van der Waals surface area contributed by atoms with E-state index in [1.54, 1.807) is 34.8 Å². The molecule has 0 N–H and O–H groups in total. The average molecular weight is 488 g/mol. The second-order valence-electron chi connectivity index (χ2n) is 9.01. The van der Waals surface area contributed by atoms with E-state index in [1.165, 1.54) is 0 Å². The topological polar surface area (TPSA) is 69.6 Å². The number of rotatable bonds is 4. The van der Waals surface area contributed by atoms with Crippen LogP contribution in [0.25, 0.3) is 0 Å². The number of likely N-dealkylation sites (N-methyl/N-ethyl adjacent to an activating group) is 1. The number of fused-ring (bicyclic) bond motifs is 2. The van der Waals surface area contributed by atoms with Gasteiger partial charge in [0, 0.05) is 30.4 Å². The molecule has 1 aromatic carbocycles. The summed E-state index contributed by atoms with van der Waals surface area (Å²) in [7, 11) is 1.79. The number of anilines is 3. The van der Waals surface area contributed by atoms with Gasteiger partial charge in [-0.2, -0.15) is 0 Å². The van der Waals surface area contributed by atoms with Crippen molar-refractivity contribution in [2.75, 3.05) is 28.0 Å². The van der Waals surface area contributed by atoms with Crippen molar-refractivity contribution in [1.82, 2.24) is 9.97 Å².